The predicted octanol–water partition coefficient (Wildman–Crippen LogP) is 0.766. The van der Waals surface area contributed by atoms with E-state index in [0.29, 0.717) is 12.5 Å². The number of aliphatic hydroxyl groups is 1. The minimum Gasteiger partial charge on any atom is -0.370 e. The molecular formula is C8H16O3. The number of hydrogen-bond donors (Lipinski definition) is 1. The Balaban J connectivity index is 2.36. The van der Waals surface area contributed by atoms with Crippen LogP contribution in [0.25, 0.3) is 0 Å². The first kappa shape index (κ1) is 8.97. The molecule has 0 aromatic rings. The zero-order chi connectivity index (χ0) is 8.48. The third-order valence-corrected chi connectivity index (χ3v) is 1.87. The molecule has 66 valence electrons. The molecule has 1 aliphatic heterocycles. The molecule has 3 nitrogen and oxygen atoms in total. The summed E-state index contributed by atoms with van der Waals surface area (Å²) < 4.78 is 10.5. The van der Waals surface area contributed by atoms with Gasteiger partial charge in [0, 0.05) is 0 Å². The first-order valence-corrected chi connectivity index (χ1v) is 3.99. The normalized spacial score (nSPS) is 39.5. The first-order chi connectivity index (χ1) is 5.01. The monoisotopic (exact) mass is 160 g/mol. The van der Waals surface area contributed by atoms with Gasteiger partial charge >= 0.3 is 0 Å². The van der Waals surface area contributed by atoms with Gasteiger partial charge in [-0.2, -0.15) is 0 Å². The molecule has 1 heterocycles. The van der Waals surface area contributed by atoms with Crippen molar-refractivity contribution in [2.75, 3.05) is 13.2 Å². The summed E-state index contributed by atoms with van der Waals surface area (Å²) in [6.45, 7) is 6.53. The van der Waals surface area contributed by atoms with E-state index in [1.165, 1.54) is 0 Å². The Bertz CT molecular complexity index is 121. The highest BCUT2D eigenvalue weighted by molar-refractivity contribution is 4.71. The summed E-state index contributed by atoms with van der Waals surface area (Å²) in [4.78, 5) is 0. The van der Waals surface area contributed by atoms with E-state index in [1.807, 2.05) is 0 Å². The maximum absolute atomic E-state index is 9.33. The molecule has 2 atom stereocenters. The van der Waals surface area contributed by atoms with Crippen molar-refractivity contribution in [3.05, 3.63) is 0 Å². The highest BCUT2D eigenvalue weighted by Crippen LogP contribution is 2.19. The van der Waals surface area contributed by atoms with Crippen LogP contribution in [0.5, 0.6) is 0 Å². The standard InChI is InChI=1S/C8H16O3/c1-6(2)7-4-11-8(3,9)5-10-7/h6-7,9H,4-5H2,1-3H3/t7-,8-/m0/s1. The van der Waals surface area contributed by atoms with E-state index in [9.17, 15) is 5.11 Å². The van der Waals surface area contributed by atoms with Crippen LogP contribution in [0.15, 0.2) is 0 Å². The SMILES string of the molecule is CC(C)[C@@H]1CO[C@](C)(O)CO1. The predicted molar refractivity (Wildman–Crippen MR) is 41.2 cm³/mol. The van der Waals surface area contributed by atoms with Crippen molar-refractivity contribution in [3.63, 3.8) is 0 Å². The molecule has 1 rings (SSSR count). The zero-order valence-electron chi connectivity index (χ0n) is 7.33. The van der Waals surface area contributed by atoms with E-state index in [0.717, 1.165) is 0 Å². The van der Waals surface area contributed by atoms with Gasteiger partial charge in [-0.15, -0.1) is 0 Å². The fourth-order valence-corrected chi connectivity index (χ4v) is 0.998. The topological polar surface area (TPSA) is 38.7 Å². The van der Waals surface area contributed by atoms with Gasteiger partial charge in [0.1, 0.15) is 6.61 Å². The molecule has 0 aliphatic carbocycles. The third kappa shape index (κ3) is 2.43. The number of ether oxygens (including phenoxy) is 2. The Morgan fingerprint density at radius 2 is 2.18 bits per heavy atom. The van der Waals surface area contributed by atoms with Crippen LogP contribution in [0.4, 0.5) is 0 Å². The molecule has 1 fully saturated rings. The molecule has 11 heavy (non-hydrogen) atoms. The smallest absolute Gasteiger partial charge is 0.186 e. The highest BCUT2D eigenvalue weighted by Gasteiger charge is 2.31. The minimum atomic E-state index is -1.08. The molecule has 0 radical (unpaired) electrons. The molecule has 0 unspecified atom stereocenters. The van der Waals surface area contributed by atoms with Gasteiger partial charge in [-0.25, -0.2) is 0 Å². The fourth-order valence-electron chi connectivity index (χ4n) is 0.998. The second-order valence-corrected chi connectivity index (χ2v) is 3.58. The second-order valence-electron chi connectivity index (χ2n) is 3.58. The Kier molecular flexibility index (Phi) is 2.52. The van der Waals surface area contributed by atoms with Crippen molar-refractivity contribution >= 4 is 0 Å². The van der Waals surface area contributed by atoms with E-state index < -0.39 is 5.79 Å². The van der Waals surface area contributed by atoms with Gasteiger partial charge in [-0.05, 0) is 12.8 Å². The van der Waals surface area contributed by atoms with E-state index in [2.05, 4.69) is 13.8 Å². The number of rotatable bonds is 1. The summed E-state index contributed by atoms with van der Waals surface area (Å²) in [5.41, 5.74) is 0. The van der Waals surface area contributed by atoms with Gasteiger partial charge in [0.2, 0.25) is 0 Å². The maximum atomic E-state index is 9.33. The van der Waals surface area contributed by atoms with Crippen LogP contribution in [0.2, 0.25) is 0 Å². The van der Waals surface area contributed by atoms with Crippen molar-refractivity contribution in [1.82, 2.24) is 0 Å². The van der Waals surface area contributed by atoms with Crippen LogP contribution < -0.4 is 0 Å². The largest absolute Gasteiger partial charge is 0.370 e. The second kappa shape index (κ2) is 3.09. The van der Waals surface area contributed by atoms with Crippen molar-refractivity contribution in [1.29, 1.82) is 0 Å². The lowest BCUT2D eigenvalue weighted by atomic mass is 10.1. The third-order valence-electron chi connectivity index (χ3n) is 1.87. The average molecular weight is 160 g/mol. The lowest BCUT2D eigenvalue weighted by Crippen LogP contribution is -2.46. The number of hydrogen-bond acceptors (Lipinski definition) is 3. The molecule has 0 bridgehead atoms. The summed E-state index contributed by atoms with van der Waals surface area (Å²) in [6.07, 6.45) is 0.134. The average Bonchev–Trinajstić information content (AvgIpc) is 1.86. The van der Waals surface area contributed by atoms with E-state index in [-0.39, 0.29) is 12.7 Å². The molecule has 0 aromatic carbocycles. The van der Waals surface area contributed by atoms with E-state index in [1.54, 1.807) is 6.92 Å². The van der Waals surface area contributed by atoms with Gasteiger partial charge < -0.3 is 14.6 Å². The van der Waals surface area contributed by atoms with Crippen LogP contribution in [-0.2, 0) is 9.47 Å². The molecule has 1 aliphatic rings. The zero-order valence-corrected chi connectivity index (χ0v) is 7.33. The maximum Gasteiger partial charge on any atom is 0.186 e. The Morgan fingerprint density at radius 1 is 1.55 bits per heavy atom. The molecule has 0 saturated carbocycles. The highest BCUT2D eigenvalue weighted by atomic mass is 16.7. The molecule has 0 amide bonds. The van der Waals surface area contributed by atoms with Crippen molar-refractivity contribution < 1.29 is 14.6 Å². The van der Waals surface area contributed by atoms with E-state index in [4.69, 9.17) is 9.47 Å². The molecule has 0 aromatic heterocycles. The summed E-state index contributed by atoms with van der Waals surface area (Å²) in [6, 6.07) is 0. The molecule has 0 spiro atoms. The summed E-state index contributed by atoms with van der Waals surface area (Å²) in [5.74, 6) is -0.628. The first-order valence-electron chi connectivity index (χ1n) is 3.99. The van der Waals surface area contributed by atoms with Gasteiger partial charge in [-0.3, -0.25) is 0 Å². The van der Waals surface area contributed by atoms with Gasteiger partial charge in [0.15, 0.2) is 5.79 Å². The molecule has 3 heteroatoms. The Labute approximate surface area is 67.3 Å². The van der Waals surface area contributed by atoms with Crippen LogP contribution >= 0.6 is 0 Å². The molecular weight excluding hydrogens is 144 g/mol. The molecule has 1 N–H and O–H groups in total. The lowest BCUT2D eigenvalue weighted by Gasteiger charge is -2.35. The van der Waals surface area contributed by atoms with Crippen molar-refractivity contribution in [2.24, 2.45) is 5.92 Å². The Morgan fingerprint density at radius 3 is 2.55 bits per heavy atom. The lowest BCUT2D eigenvalue weighted by molar-refractivity contribution is -0.283. The van der Waals surface area contributed by atoms with Crippen LogP contribution in [0, 0.1) is 5.92 Å². The van der Waals surface area contributed by atoms with Crippen LogP contribution in [-0.4, -0.2) is 30.2 Å². The fraction of sp³-hybridized carbons (Fsp3) is 1.00. The van der Waals surface area contributed by atoms with Crippen molar-refractivity contribution in [3.8, 4) is 0 Å². The summed E-state index contributed by atoms with van der Waals surface area (Å²) in [5, 5.41) is 9.33. The van der Waals surface area contributed by atoms with Crippen LogP contribution in [0.3, 0.4) is 0 Å². The van der Waals surface area contributed by atoms with Gasteiger partial charge in [0.05, 0.1) is 12.7 Å². The quantitative estimate of drug-likeness (QED) is 0.615. The Hall–Kier alpha value is -0.120. The molecule has 1 saturated heterocycles. The minimum absolute atomic E-state index is 0.134. The summed E-state index contributed by atoms with van der Waals surface area (Å²) in [7, 11) is 0. The van der Waals surface area contributed by atoms with Crippen LogP contribution in [0.1, 0.15) is 20.8 Å². The van der Waals surface area contributed by atoms with Gasteiger partial charge in [0.25, 0.3) is 0 Å². The van der Waals surface area contributed by atoms with Gasteiger partial charge in [-0.1, -0.05) is 13.8 Å². The van der Waals surface area contributed by atoms with E-state index >= 15 is 0 Å². The van der Waals surface area contributed by atoms with Crippen molar-refractivity contribution in [2.45, 2.75) is 32.7 Å². The summed E-state index contributed by atoms with van der Waals surface area (Å²) >= 11 is 0.